The molecule has 2 aliphatic heterocycles. The fourth-order valence-corrected chi connectivity index (χ4v) is 4.44. The van der Waals surface area contributed by atoms with E-state index in [-0.39, 0.29) is 5.82 Å². The van der Waals surface area contributed by atoms with Crippen LogP contribution in [-0.4, -0.2) is 65.5 Å². The average molecular weight is 423 g/mol. The van der Waals surface area contributed by atoms with Gasteiger partial charge in [0.05, 0.1) is 24.9 Å². The predicted octanol–water partition coefficient (Wildman–Crippen LogP) is 2.91. The van der Waals surface area contributed by atoms with Gasteiger partial charge in [-0.2, -0.15) is 5.10 Å². The predicted molar refractivity (Wildman–Crippen MR) is 119 cm³/mol. The molecule has 8 heteroatoms. The maximum Gasteiger partial charge on any atom is 0.157 e. The summed E-state index contributed by atoms with van der Waals surface area (Å²) in [6, 6.07) is 7.91. The number of pyridine rings is 1. The summed E-state index contributed by atoms with van der Waals surface area (Å²) >= 11 is 0. The third kappa shape index (κ3) is 3.93. The maximum absolute atomic E-state index is 14.4. The zero-order valence-corrected chi connectivity index (χ0v) is 17.9. The Bertz CT molecular complexity index is 1110. The summed E-state index contributed by atoms with van der Waals surface area (Å²) in [6.07, 6.45) is 1.87. The number of aryl methyl sites for hydroxylation is 2. The van der Waals surface area contributed by atoms with Crippen molar-refractivity contribution >= 4 is 22.4 Å². The fourth-order valence-electron chi connectivity index (χ4n) is 4.44. The van der Waals surface area contributed by atoms with Gasteiger partial charge in [0.25, 0.3) is 0 Å². The molecule has 5 rings (SSSR count). The van der Waals surface area contributed by atoms with Gasteiger partial charge >= 0.3 is 0 Å². The quantitative estimate of drug-likeness (QED) is 0.693. The van der Waals surface area contributed by atoms with Crippen LogP contribution >= 0.6 is 0 Å². The minimum Gasteiger partial charge on any atom is -0.378 e. The van der Waals surface area contributed by atoms with E-state index in [1.165, 1.54) is 0 Å². The summed E-state index contributed by atoms with van der Waals surface area (Å²) in [4.78, 5) is 9.54. The molecule has 2 saturated heterocycles. The number of nitrogens with zero attached hydrogens (tertiary/aromatic N) is 5. The molecule has 162 valence electrons. The molecule has 4 heterocycles. The first-order valence-electron chi connectivity index (χ1n) is 10.8. The molecule has 0 radical (unpaired) electrons. The van der Waals surface area contributed by atoms with Crippen LogP contribution in [0.5, 0.6) is 0 Å². The van der Waals surface area contributed by atoms with Crippen LogP contribution in [0.15, 0.2) is 30.5 Å². The molecular formula is C23H27FN6O. The van der Waals surface area contributed by atoms with Gasteiger partial charge in [-0.3, -0.25) is 4.90 Å². The van der Waals surface area contributed by atoms with Crippen molar-refractivity contribution in [2.45, 2.75) is 26.4 Å². The van der Waals surface area contributed by atoms with Crippen molar-refractivity contribution in [1.29, 1.82) is 0 Å². The third-order valence-corrected chi connectivity index (χ3v) is 6.31. The standard InChI is InChI=1S/C23H27FN6O/c1-15-4-3-5-17(22(15)24)11-26-23-19-10-21(25-12-20(19)16(2)27-28-23)30-7-6-29-8-9-31-14-18(29)13-30/h3-5,10,12,18H,6-9,11,13-14H2,1-2H3,(H,26,28). The van der Waals surface area contributed by atoms with Crippen molar-refractivity contribution in [2.75, 3.05) is 49.6 Å². The second-order valence-electron chi connectivity index (χ2n) is 8.33. The molecule has 1 N–H and O–H groups in total. The van der Waals surface area contributed by atoms with Crippen molar-refractivity contribution < 1.29 is 9.13 Å². The average Bonchev–Trinajstić information content (AvgIpc) is 2.80. The summed E-state index contributed by atoms with van der Waals surface area (Å²) < 4.78 is 20.1. The molecule has 2 aromatic heterocycles. The Hall–Kier alpha value is -2.84. The van der Waals surface area contributed by atoms with Crippen LogP contribution in [0.25, 0.3) is 10.8 Å². The van der Waals surface area contributed by atoms with Crippen molar-refractivity contribution in [1.82, 2.24) is 20.1 Å². The Balaban J connectivity index is 1.42. The van der Waals surface area contributed by atoms with E-state index in [4.69, 9.17) is 9.72 Å². The first-order valence-corrected chi connectivity index (χ1v) is 10.8. The van der Waals surface area contributed by atoms with Crippen LogP contribution in [0.3, 0.4) is 0 Å². The number of aromatic nitrogens is 3. The van der Waals surface area contributed by atoms with Crippen molar-refractivity contribution in [2.24, 2.45) is 0 Å². The highest BCUT2D eigenvalue weighted by molar-refractivity contribution is 5.94. The van der Waals surface area contributed by atoms with Gasteiger partial charge in [0.1, 0.15) is 11.6 Å². The summed E-state index contributed by atoms with van der Waals surface area (Å²) in [5, 5.41) is 13.8. The van der Waals surface area contributed by atoms with E-state index in [1.54, 1.807) is 19.1 Å². The lowest BCUT2D eigenvalue weighted by molar-refractivity contribution is -0.0117. The van der Waals surface area contributed by atoms with E-state index in [2.05, 4.69) is 31.4 Å². The molecule has 0 bridgehead atoms. The Morgan fingerprint density at radius 1 is 1.16 bits per heavy atom. The molecule has 0 aliphatic carbocycles. The van der Waals surface area contributed by atoms with Crippen LogP contribution < -0.4 is 10.2 Å². The SMILES string of the molecule is Cc1cccc(CNc2nnc(C)c3cnc(N4CCN5CCOCC5C4)cc23)c1F. The highest BCUT2D eigenvalue weighted by Crippen LogP contribution is 2.28. The zero-order chi connectivity index (χ0) is 21.4. The Kier molecular flexibility index (Phi) is 5.41. The number of benzene rings is 1. The number of ether oxygens (including phenoxy) is 1. The van der Waals surface area contributed by atoms with Gasteiger partial charge in [-0.1, -0.05) is 18.2 Å². The van der Waals surface area contributed by atoms with Gasteiger partial charge in [-0.05, 0) is 25.5 Å². The zero-order valence-electron chi connectivity index (χ0n) is 17.9. The first kappa shape index (κ1) is 20.1. The second kappa shape index (κ2) is 8.36. The number of morpholine rings is 1. The van der Waals surface area contributed by atoms with Gasteiger partial charge in [0, 0.05) is 55.3 Å². The van der Waals surface area contributed by atoms with Gasteiger partial charge in [0.15, 0.2) is 5.82 Å². The van der Waals surface area contributed by atoms with Crippen LogP contribution in [0.4, 0.5) is 16.0 Å². The fraction of sp³-hybridized carbons (Fsp3) is 0.435. The first-order chi connectivity index (χ1) is 15.1. The number of rotatable bonds is 4. The van der Waals surface area contributed by atoms with E-state index >= 15 is 0 Å². The normalized spacial score (nSPS) is 19.5. The molecule has 1 unspecified atom stereocenters. The van der Waals surface area contributed by atoms with E-state index < -0.39 is 0 Å². The monoisotopic (exact) mass is 422 g/mol. The molecule has 31 heavy (non-hydrogen) atoms. The Morgan fingerprint density at radius 2 is 2.06 bits per heavy atom. The lowest BCUT2D eigenvalue weighted by Crippen LogP contribution is -2.58. The lowest BCUT2D eigenvalue weighted by atomic mass is 10.1. The maximum atomic E-state index is 14.4. The number of hydrogen-bond acceptors (Lipinski definition) is 7. The molecule has 3 aromatic rings. The molecule has 2 aliphatic rings. The van der Waals surface area contributed by atoms with E-state index in [0.717, 1.165) is 61.7 Å². The minimum atomic E-state index is -0.186. The lowest BCUT2D eigenvalue weighted by Gasteiger charge is -2.44. The molecule has 1 atom stereocenters. The van der Waals surface area contributed by atoms with Crippen LogP contribution in [0.2, 0.25) is 0 Å². The van der Waals surface area contributed by atoms with Crippen molar-refractivity contribution in [3.05, 3.63) is 53.1 Å². The molecular weight excluding hydrogens is 395 g/mol. The number of piperazine rings is 1. The van der Waals surface area contributed by atoms with Gasteiger partial charge < -0.3 is 15.0 Å². The highest BCUT2D eigenvalue weighted by Gasteiger charge is 2.30. The second-order valence-corrected chi connectivity index (χ2v) is 8.33. The summed E-state index contributed by atoms with van der Waals surface area (Å²) in [7, 11) is 0. The smallest absolute Gasteiger partial charge is 0.157 e. The van der Waals surface area contributed by atoms with Gasteiger partial charge in [0.2, 0.25) is 0 Å². The molecule has 0 saturated carbocycles. The van der Waals surface area contributed by atoms with E-state index in [0.29, 0.717) is 29.5 Å². The largest absolute Gasteiger partial charge is 0.378 e. The Morgan fingerprint density at radius 3 is 2.97 bits per heavy atom. The number of halogens is 1. The van der Waals surface area contributed by atoms with Crippen LogP contribution in [-0.2, 0) is 11.3 Å². The molecule has 7 nitrogen and oxygen atoms in total. The van der Waals surface area contributed by atoms with E-state index in [9.17, 15) is 4.39 Å². The number of hydrogen-bond donors (Lipinski definition) is 1. The summed E-state index contributed by atoms with van der Waals surface area (Å²) in [5.74, 6) is 1.38. The number of fused-ring (bicyclic) bond motifs is 2. The number of nitrogens with one attached hydrogen (secondary N) is 1. The molecule has 1 aromatic carbocycles. The molecule has 0 amide bonds. The van der Waals surface area contributed by atoms with Crippen molar-refractivity contribution in [3.63, 3.8) is 0 Å². The van der Waals surface area contributed by atoms with Crippen LogP contribution in [0, 0.1) is 19.7 Å². The molecule has 2 fully saturated rings. The van der Waals surface area contributed by atoms with Gasteiger partial charge in [-0.15, -0.1) is 5.10 Å². The minimum absolute atomic E-state index is 0.186. The number of anilines is 2. The highest BCUT2D eigenvalue weighted by atomic mass is 19.1. The summed E-state index contributed by atoms with van der Waals surface area (Å²) in [5.41, 5.74) is 2.07. The van der Waals surface area contributed by atoms with Crippen molar-refractivity contribution in [3.8, 4) is 0 Å². The molecule has 0 spiro atoms. The van der Waals surface area contributed by atoms with Crippen LogP contribution in [0.1, 0.15) is 16.8 Å². The third-order valence-electron chi connectivity index (χ3n) is 6.31. The Labute approximate surface area is 181 Å². The van der Waals surface area contributed by atoms with E-state index in [1.807, 2.05) is 19.2 Å². The summed E-state index contributed by atoms with van der Waals surface area (Å²) in [6.45, 7) is 9.48. The van der Waals surface area contributed by atoms with Gasteiger partial charge in [-0.25, -0.2) is 9.37 Å². The topological polar surface area (TPSA) is 66.4 Å².